The van der Waals surface area contributed by atoms with E-state index < -0.39 is 23.5 Å². The summed E-state index contributed by atoms with van der Waals surface area (Å²) in [5.74, 6) is -1.71. The zero-order valence-corrected chi connectivity index (χ0v) is 18.8. The van der Waals surface area contributed by atoms with Gasteiger partial charge in [0.15, 0.2) is 0 Å². The molecule has 1 N–H and O–H groups in total. The number of aliphatic hydroxyl groups is 1. The summed E-state index contributed by atoms with van der Waals surface area (Å²) >= 11 is 0. The normalized spacial score (nSPS) is 17.2. The Kier molecular flexibility index (Phi) is 7.01. The number of ether oxygens (including phenoxy) is 1. The van der Waals surface area contributed by atoms with Crippen LogP contribution in [-0.2, 0) is 16.1 Å². The predicted molar refractivity (Wildman–Crippen MR) is 125 cm³/mol. The minimum Gasteiger partial charge on any atom is -0.507 e. The molecule has 34 heavy (non-hydrogen) atoms. The van der Waals surface area contributed by atoms with Crippen LogP contribution in [0.25, 0.3) is 5.76 Å². The van der Waals surface area contributed by atoms with E-state index in [0.29, 0.717) is 23.5 Å². The van der Waals surface area contributed by atoms with Gasteiger partial charge in [-0.15, -0.1) is 0 Å². The van der Waals surface area contributed by atoms with Crippen molar-refractivity contribution < 1.29 is 23.8 Å². The van der Waals surface area contributed by atoms with E-state index >= 15 is 0 Å². The Morgan fingerprint density at radius 2 is 1.82 bits per heavy atom. The van der Waals surface area contributed by atoms with Crippen LogP contribution in [0.5, 0.6) is 5.75 Å². The lowest BCUT2D eigenvalue weighted by atomic mass is 9.95. The number of unbranched alkanes of at least 4 members (excludes halogenated alkanes) is 1. The largest absolute Gasteiger partial charge is 0.507 e. The average Bonchev–Trinajstić information content (AvgIpc) is 3.10. The average molecular weight is 461 g/mol. The minimum atomic E-state index is -0.876. The lowest BCUT2D eigenvalue weighted by Gasteiger charge is -2.25. The number of amides is 1. The molecule has 7 heteroatoms. The third-order valence-corrected chi connectivity index (χ3v) is 5.70. The summed E-state index contributed by atoms with van der Waals surface area (Å²) in [7, 11) is 0. The van der Waals surface area contributed by atoms with Gasteiger partial charge in [-0.2, -0.15) is 0 Å². The SMILES string of the molecule is CCCCOc1cccc(/C(O)=C2\C(=O)C(=O)N(Cc3ccncc3)C2c2ccc(F)cc2)c1. The molecule has 1 atom stereocenters. The molecule has 0 aliphatic carbocycles. The topological polar surface area (TPSA) is 79.7 Å². The molecule has 1 fully saturated rings. The Labute approximate surface area is 197 Å². The number of pyridine rings is 1. The number of aromatic nitrogens is 1. The fourth-order valence-corrected chi connectivity index (χ4v) is 3.94. The number of rotatable bonds is 8. The summed E-state index contributed by atoms with van der Waals surface area (Å²) in [4.78, 5) is 31.6. The van der Waals surface area contributed by atoms with Gasteiger partial charge < -0.3 is 14.7 Å². The number of hydrogen-bond donors (Lipinski definition) is 1. The van der Waals surface area contributed by atoms with E-state index in [4.69, 9.17) is 4.74 Å². The maximum absolute atomic E-state index is 13.6. The van der Waals surface area contributed by atoms with Crippen LogP contribution in [0.2, 0.25) is 0 Å². The van der Waals surface area contributed by atoms with Gasteiger partial charge in [-0.25, -0.2) is 4.39 Å². The highest BCUT2D eigenvalue weighted by Crippen LogP contribution is 2.40. The maximum atomic E-state index is 13.6. The highest BCUT2D eigenvalue weighted by molar-refractivity contribution is 6.46. The zero-order chi connectivity index (χ0) is 24.1. The number of nitrogens with zero attached hydrogens (tertiary/aromatic N) is 2. The van der Waals surface area contributed by atoms with Gasteiger partial charge in [-0.05, 0) is 53.9 Å². The second kappa shape index (κ2) is 10.3. The van der Waals surface area contributed by atoms with E-state index in [0.717, 1.165) is 18.4 Å². The molecule has 1 aliphatic rings. The van der Waals surface area contributed by atoms with E-state index in [1.54, 1.807) is 48.8 Å². The van der Waals surface area contributed by atoms with Crippen LogP contribution in [0.1, 0.15) is 42.5 Å². The molecule has 1 unspecified atom stereocenters. The number of carbonyl (C=O) groups is 2. The van der Waals surface area contributed by atoms with Gasteiger partial charge in [-0.1, -0.05) is 37.6 Å². The first-order valence-corrected chi connectivity index (χ1v) is 11.2. The Bertz CT molecular complexity index is 1210. The molecular formula is C27H25FN2O4. The molecule has 6 nitrogen and oxygen atoms in total. The summed E-state index contributed by atoms with van der Waals surface area (Å²) < 4.78 is 19.4. The van der Waals surface area contributed by atoms with Crippen molar-refractivity contribution >= 4 is 17.4 Å². The lowest BCUT2D eigenvalue weighted by molar-refractivity contribution is -0.140. The van der Waals surface area contributed by atoms with E-state index in [2.05, 4.69) is 11.9 Å². The predicted octanol–water partition coefficient (Wildman–Crippen LogP) is 5.02. The van der Waals surface area contributed by atoms with Crippen LogP contribution in [0.15, 0.2) is 78.6 Å². The molecule has 0 saturated carbocycles. The first-order chi connectivity index (χ1) is 16.5. The van der Waals surface area contributed by atoms with E-state index in [1.807, 2.05) is 0 Å². The number of carbonyl (C=O) groups excluding carboxylic acids is 2. The molecule has 1 amide bonds. The van der Waals surface area contributed by atoms with Gasteiger partial charge in [0, 0.05) is 24.5 Å². The van der Waals surface area contributed by atoms with Crippen LogP contribution in [0.4, 0.5) is 4.39 Å². The third kappa shape index (κ3) is 4.83. The minimum absolute atomic E-state index is 0.0450. The number of benzene rings is 2. The van der Waals surface area contributed by atoms with Gasteiger partial charge in [-0.3, -0.25) is 14.6 Å². The van der Waals surface area contributed by atoms with Crippen molar-refractivity contribution in [3.8, 4) is 5.75 Å². The number of Topliss-reactive ketones (excluding diaryl/α,β-unsaturated/α-hetero) is 1. The fraction of sp³-hybridized carbons (Fsp3) is 0.222. The molecule has 0 spiro atoms. The standard InChI is InChI=1S/C27H25FN2O4/c1-2-3-15-34-22-6-4-5-20(16-22)25(31)23-24(19-7-9-21(28)10-8-19)30(27(33)26(23)32)17-18-11-13-29-14-12-18/h4-14,16,24,31H,2-3,15,17H2,1H3/b25-23+. The molecule has 174 valence electrons. The highest BCUT2D eigenvalue weighted by Gasteiger charge is 2.46. The molecule has 0 radical (unpaired) electrons. The van der Waals surface area contributed by atoms with Crippen LogP contribution in [0, 0.1) is 5.82 Å². The van der Waals surface area contributed by atoms with Crippen molar-refractivity contribution in [3.05, 3.63) is 101 Å². The fourth-order valence-electron chi connectivity index (χ4n) is 3.94. The van der Waals surface area contributed by atoms with Crippen molar-refractivity contribution in [1.82, 2.24) is 9.88 Å². The molecule has 2 heterocycles. The Morgan fingerprint density at radius 3 is 2.53 bits per heavy atom. The second-order valence-electron chi connectivity index (χ2n) is 8.06. The molecule has 1 saturated heterocycles. The Hall–Kier alpha value is -4.00. The molecule has 2 aromatic carbocycles. The third-order valence-electron chi connectivity index (χ3n) is 5.70. The molecule has 4 rings (SSSR count). The van der Waals surface area contributed by atoms with Crippen LogP contribution < -0.4 is 4.74 Å². The van der Waals surface area contributed by atoms with Crippen molar-refractivity contribution in [1.29, 1.82) is 0 Å². The highest BCUT2D eigenvalue weighted by atomic mass is 19.1. The first kappa shape index (κ1) is 23.2. The van der Waals surface area contributed by atoms with E-state index in [9.17, 15) is 19.1 Å². The zero-order valence-electron chi connectivity index (χ0n) is 18.8. The summed E-state index contributed by atoms with van der Waals surface area (Å²) in [5, 5.41) is 11.2. The van der Waals surface area contributed by atoms with Gasteiger partial charge in [0.05, 0.1) is 18.2 Å². The quantitative estimate of drug-likeness (QED) is 0.221. The monoisotopic (exact) mass is 460 g/mol. The van der Waals surface area contributed by atoms with Gasteiger partial charge in [0.1, 0.15) is 17.3 Å². The summed E-state index contributed by atoms with van der Waals surface area (Å²) in [6.07, 6.45) is 5.07. The number of likely N-dealkylation sites (tertiary alicyclic amines) is 1. The van der Waals surface area contributed by atoms with E-state index in [1.165, 1.54) is 29.2 Å². The number of aliphatic hydroxyl groups excluding tert-OH is 1. The maximum Gasteiger partial charge on any atom is 0.295 e. The van der Waals surface area contributed by atoms with Gasteiger partial charge in [0.2, 0.25) is 0 Å². The summed E-state index contributed by atoms with van der Waals surface area (Å²) in [6, 6.07) is 15.0. The van der Waals surface area contributed by atoms with Crippen LogP contribution in [-0.4, -0.2) is 33.3 Å². The van der Waals surface area contributed by atoms with Crippen molar-refractivity contribution in [2.45, 2.75) is 32.4 Å². The van der Waals surface area contributed by atoms with Crippen molar-refractivity contribution in [3.63, 3.8) is 0 Å². The molecule has 1 aromatic heterocycles. The summed E-state index contributed by atoms with van der Waals surface area (Å²) in [6.45, 7) is 2.73. The first-order valence-electron chi connectivity index (χ1n) is 11.2. The summed E-state index contributed by atoms with van der Waals surface area (Å²) in [5.41, 5.74) is 1.61. The van der Waals surface area contributed by atoms with Gasteiger partial charge >= 0.3 is 0 Å². The lowest BCUT2D eigenvalue weighted by Crippen LogP contribution is -2.29. The van der Waals surface area contributed by atoms with Crippen LogP contribution in [0.3, 0.4) is 0 Å². The molecule has 3 aromatic rings. The molecule has 1 aliphatic heterocycles. The van der Waals surface area contributed by atoms with Crippen molar-refractivity contribution in [2.24, 2.45) is 0 Å². The smallest absolute Gasteiger partial charge is 0.295 e. The van der Waals surface area contributed by atoms with Crippen LogP contribution >= 0.6 is 0 Å². The second-order valence-corrected chi connectivity index (χ2v) is 8.06. The number of ketones is 1. The number of halogens is 1. The molecule has 0 bridgehead atoms. The van der Waals surface area contributed by atoms with Crippen molar-refractivity contribution in [2.75, 3.05) is 6.61 Å². The van der Waals surface area contributed by atoms with Gasteiger partial charge in [0.25, 0.3) is 11.7 Å². The van der Waals surface area contributed by atoms with E-state index in [-0.39, 0.29) is 17.9 Å². The number of hydrogen-bond acceptors (Lipinski definition) is 5. The molecular weight excluding hydrogens is 435 g/mol. The Balaban J connectivity index is 1.78. The Morgan fingerprint density at radius 1 is 1.09 bits per heavy atom.